The van der Waals surface area contributed by atoms with E-state index < -0.39 is 10.0 Å². The summed E-state index contributed by atoms with van der Waals surface area (Å²) in [5.74, 6) is 0. The summed E-state index contributed by atoms with van der Waals surface area (Å²) in [4.78, 5) is 6.69. The van der Waals surface area contributed by atoms with E-state index in [-0.39, 0.29) is 0 Å². The molecule has 1 fully saturated rings. The van der Waals surface area contributed by atoms with Crippen LogP contribution in [0.25, 0.3) is 10.8 Å². The highest BCUT2D eigenvalue weighted by Crippen LogP contribution is 2.23. The zero-order chi connectivity index (χ0) is 18.9. The Balaban J connectivity index is 1.45. The molecule has 7 heteroatoms. The zero-order valence-corrected chi connectivity index (χ0v) is 16.3. The van der Waals surface area contributed by atoms with Gasteiger partial charge in [-0.15, -0.1) is 0 Å². The Labute approximate surface area is 164 Å². The molecule has 4 rings (SSSR count). The predicted molar refractivity (Wildman–Crippen MR) is 107 cm³/mol. The number of piperazine rings is 1. The van der Waals surface area contributed by atoms with Gasteiger partial charge in [0.25, 0.3) is 0 Å². The van der Waals surface area contributed by atoms with Crippen molar-refractivity contribution in [2.75, 3.05) is 26.2 Å². The van der Waals surface area contributed by atoms with Gasteiger partial charge in [-0.25, -0.2) is 13.4 Å². The maximum atomic E-state index is 13.0. The minimum atomic E-state index is -3.48. The third-order valence-electron chi connectivity index (χ3n) is 4.88. The number of halogens is 1. The molecule has 140 valence electrons. The predicted octanol–water partition coefficient (Wildman–Crippen LogP) is 3.39. The normalized spacial score (nSPS) is 16.6. The topological polar surface area (TPSA) is 53.5 Å². The Kier molecular flexibility index (Phi) is 5.14. The molecule has 3 aromatic rings. The molecule has 5 nitrogen and oxygen atoms in total. The van der Waals surface area contributed by atoms with Crippen molar-refractivity contribution < 1.29 is 8.42 Å². The van der Waals surface area contributed by atoms with Crippen LogP contribution in [0.5, 0.6) is 0 Å². The van der Waals surface area contributed by atoms with Gasteiger partial charge in [0.15, 0.2) is 0 Å². The first-order chi connectivity index (χ1) is 13.0. The molecule has 2 aromatic carbocycles. The van der Waals surface area contributed by atoms with Crippen LogP contribution in [0, 0.1) is 0 Å². The fourth-order valence-corrected chi connectivity index (χ4v) is 4.93. The lowest BCUT2D eigenvalue weighted by molar-refractivity contribution is 0.181. The molecular weight excluding hydrogens is 382 g/mol. The van der Waals surface area contributed by atoms with Gasteiger partial charge in [0, 0.05) is 38.9 Å². The van der Waals surface area contributed by atoms with Crippen molar-refractivity contribution in [3.63, 3.8) is 0 Å². The van der Waals surface area contributed by atoms with Gasteiger partial charge in [-0.1, -0.05) is 48.0 Å². The number of nitrogens with zero attached hydrogens (tertiary/aromatic N) is 3. The molecule has 0 unspecified atom stereocenters. The highest BCUT2D eigenvalue weighted by molar-refractivity contribution is 7.89. The third kappa shape index (κ3) is 3.99. The smallest absolute Gasteiger partial charge is 0.243 e. The first-order valence-electron chi connectivity index (χ1n) is 8.84. The van der Waals surface area contributed by atoms with Gasteiger partial charge in [-0.2, -0.15) is 4.31 Å². The average Bonchev–Trinajstić information content (AvgIpc) is 2.70. The van der Waals surface area contributed by atoms with Gasteiger partial charge in [0.05, 0.1) is 4.90 Å². The highest BCUT2D eigenvalue weighted by atomic mass is 35.5. The summed E-state index contributed by atoms with van der Waals surface area (Å²) in [7, 11) is -3.48. The van der Waals surface area contributed by atoms with Crippen LogP contribution in [-0.4, -0.2) is 48.8 Å². The van der Waals surface area contributed by atoms with Crippen LogP contribution >= 0.6 is 11.6 Å². The monoisotopic (exact) mass is 401 g/mol. The number of sulfonamides is 1. The van der Waals surface area contributed by atoms with E-state index in [2.05, 4.69) is 9.88 Å². The molecule has 0 N–H and O–H groups in total. The largest absolute Gasteiger partial charge is 0.296 e. The van der Waals surface area contributed by atoms with E-state index in [4.69, 9.17) is 11.6 Å². The average molecular weight is 402 g/mol. The van der Waals surface area contributed by atoms with E-state index in [9.17, 15) is 8.42 Å². The van der Waals surface area contributed by atoms with E-state index in [1.807, 2.05) is 36.4 Å². The standard InChI is InChI=1S/C20H20ClN3O2S/c21-20-8-5-16(14-22-20)15-23-9-11-24(12-10-23)27(25,26)19-7-6-17-3-1-2-4-18(17)13-19/h1-8,13-14H,9-12,15H2. The molecule has 1 aromatic heterocycles. The summed E-state index contributed by atoms with van der Waals surface area (Å²) in [5, 5.41) is 2.45. The maximum absolute atomic E-state index is 13.0. The summed E-state index contributed by atoms with van der Waals surface area (Å²) in [5.41, 5.74) is 1.07. The Morgan fingerprint density at radius 1 is 0.926 bits per heavy atom. The summed E-state index contributed by atoms with van der Waals surface area (Å²) in [6.45, 7) is 3.09. The van der Waals surface area contributed by atoms with Crippen LogP contribution in [-0.2, 0) is 16.6 Å². The molecule has 0 radical (unpaired) electrons. The van der Waals surface area contributed by atoms with Crippen molar-refractivity contribution in [2.45, 2.75) is 11.4 Å². The number of hydrogen-bond donors (Lipinski definition) is 0. The van der Waals surface area contributed by atoms with E-state index in [0.717, 1.165) is 22.9 Å². The van der Waals surface area contributed by atoms with Crippen LogP contribution in [0.2, 0.25) is 5.15 Å². The summed E-state index contributed by atoms with van der Waals surface area (Å²) >= 11 is 5.82. The second-order valence-electron chi connectivity index (χ2n) is 6.68. The minimum Gasteiger partial charge on any atom is -0.296 e. The van der Waals surface area contributed by atoms with Gasteiger partial charge in [-0.05, 0) is 34.5 Å². The second-order valence-corrected chi connectivity index (χ2v) is 9.00. The molecule has 2 heterocycles. The number of hydrogen-bond acceptors (Lipinski definition) is 4. The molecule has 0 aliphatic carbocycles. The van der Waals surface area contributed by atoms with Gasteiger partial charge in [-0.3, -0.25) is 4.90 Å². The number of benzene rings is 2. The molecule has 1 saturated heterocycles. The first kappa shape index (κ1) is 18.4. The maximum Gasteiger partial charge on any atom is 0.243 e. The molecular formula is C20H20ClN3O2S. The lowest BCUT2D eigenvalue weighted by Crippen LogP contribution is -2.48. The molecule has 0 saturated carbocycles. The molecule has 0 amide bonds. The van der Waals surface area contributed by atoms with Crippen molar-refractivity contribution in [3.05, 3.63) is 71.5 Å². The van der Waals surface area contributed by atoms with Crippen LogP contribution in [0.15, 0.2) is 65.7 Å². The van der Waals surface area contributed by atoms with E-state index in [0.29, 0.717) is 36.2 Å². The number of fused-ring (bicyclic) bond motifs is 1. The fourth-order valence-electron chi connectivity index (χ4n) is 3.36. The highest BCUT2D eigenvalue weighted by Gasteiger charge is 2.28. The Morgan fingerprint density at radius 2 is 1.67 bits per heavy atom. The molecule has 0 spiro atoms. The number of pyridine rings is 1. The van der Waals surface area contributed by atoms with Crippen molar-refractivity contribution >= 4 is 32.4 Å². The van der Waals surface area contributed by atoms with Gasteiger partial charge in [0.2, 0.25) is 10.0 Å². The number of aromatic nitrogens is 1. The lowest BCUT2D eigenvalue weighted by atomic mass is 10.1. The summed E-state index contributed by atoms with van der Waals surface area (Å²) in [6.07, 6.45) is 1.76. The van der Waals surface area contributed by atoms with Gasteiger partial charge >= 0.3 is 0 Å². The summed E-state index contributed by atoms with van der Waals surface area (Å²) < 4.78 is 27.6. The van der Waals surface area contributed by atoms with Crippen molar-refractivity contribution in [3.8, 4) is 0 Å². The Morgan fingerprint density at radius 3 is 2.37 bits per heavy atom. The van der Waals surface area contributed by atoms with E-state index in [1.54, 1.807) is 28.7 Å². The third-order valence-corrected chi connectivity index (χ3v) is 7.00. The zero-order valence-electron chi connectivity index (χ0n) is 14.8. The van der Waals surface area contributed by atoms with E-state index >= 15 is 0 Å². The summed E-state index contributed by atoms with van der Waals surface area (Å²) in [6, 6.07) is 16.8. The molecule has 1 aliphatic heterocycles. The number of rotatable bonds is 4. The Bertz CT molecular complexity index is 1050. The fraction of sp³-hybridized carbons (Fsp3) is 0.250. The van der Waals surface area contributed by atoms with Crippen molar-refractivity contribution in [1.82, 2.24) is 14.2 Å². The first-order valence-corrected chi connectivity index (χ1v) is 10.7. The lowest BCUT2D eigenvalue weighted by Gasteiger charge is -2.34. The van der Waals surface area contributed by atoms with Crippen LogP contribution < -0.4 is 0 Å². The minimum absolute atomic E-state index is 0.358. The molecule has 27 heavy (non-hydrogen) atoms. The molecule has 1 aliphatic rings. The van der Waals surface area contributed by atoms with Gasteiger partial charge in [0.1, 0.15) is 5.15 Å². The van der Waals surface area contributed by atoms with Gasteiger partial charge < -0.3 is 0 Å². The van der Waals surface area contributed by atoms with Crippen LogP contribution in [0.3, 0.4) is 0 Å². The van der Waals surface area contributed by atoms with Crippen molar-refractivity contribution in [2.24, 2.45) is 0 Å². The SMILES string of the molecule is O=S(=O)(c1ccc2ccccc2c1)N1CCN(Cc2ccc(Cl)nc2)CC1. The molecule has 0 bridgehead atoms. The Hall–Kier alpha value is -1.99. The quantitative estimate of drug-likeness (QED) is 0.629. The molecule has 0 atom stereocenters. The van der Waals surface area contributed by atoms with Crippen LogP contribution in [0.1, 0.15) is 5.56 Å². The van der Waals surface area contributed by atoms with Crippen molar-refractivity contribution in [1.29, 1.82) is 0 Å². The van der Waals surface area contributed by atoms with Crippen LogP contribution in [0.4, 0.5) is 0 Å². The van der Waals surface area contributed by atoms with E-state index in [1.165, 1.54) is 0 Å². The second kappa shape index (κ2) is 7.56.